The van der Waals surface area contributed by atoms with Gasteiger partial charge in [-0.1, -0.05) is 48.0 Å². The zero-order chi connectivity index (χ0) is 22.7. The molecule has 2 nitrogen and oxygen atoms in total. The van der Waals surface area contributed by atoms with Gasteiger partial charge < -0.3 is 5.11 Å². The molecule has 176 valence electrons. The van der Waals surface area contributed by atoms with Gasteiger partial charge in [0.1, 0.15) is 5.60 Å². The molecule has 5 rings (SSSR count). The Balaban J connectivity index is 1.54. The summed E-state index contributed by atoms with van der Waals surface area (Å²) >= 11 is 0. The van der Waals surface area contributed by atoms with E-state index in [0.29, 0.717) is 34.0 Å². The maximum absolute atomic E-state index is 12.5. The van der Waals surface area contributed by atoms with Gasteiger partial charge in [0.05, 0.1) is 0 Å². The van der Waals surface area contributed by atoms with Crippen molar-refractivity contribution in [3.8, 4) is 0 Å². The van der Waals surface area contributed by atoms with Crippen molar-refractivity contribution in [3.63, 3.8) is 0 Å². The molecule has 0 heterocycles. The Morgan fingerprint density at radius 1 is 0.645 bits per heavy atom. The summed E-state index contributed by atoms with van der Waals surface area (Å²) in [7, 11) is 0. The molecule has 9 atom stereocenters. The highest BCUT2D eigenvalue weighted by Gasteiger charge is 2.72. The van der Waals surface area contributed by atoms with Crippen molar-refractivity contribution >= 4 is 5.78 Å². The number of Topliss-reactive ketones (excluding diaryl/α,β-unsaturated/α-hetero) is 1. The minimum absolute atomic E-state index is 0.0159. The predicted molar refractivity (Wildman–Crippen MR) is 127 cm³/mol. The molecule has 0 aromatic carbocycles. The molecule has 31 heavy (non-hydrogen) atoms. The summed E-state index contributed by atoms with van der Waals surface area (Å²) in [6.45, 7) is 17.2. The fraction of sp³-hybridized carbons (Fsp3) is 0.966. The van der Waals surface area contributed by atoms with Crippen LogP contribution in [0.3, 0.4) is 0 Å². The van der Waals surface area contributed by atoms with Crippen LogP contribution >= 0.6 is 0 Å². The van der Waals surface area contributed by atoms with Crippen molar-refractivity contribution in [1.82, 2.24) is 0 Å². The van der Waals surface area contributed by atoms with Crippen LogP contribution in [0.2, 0.25) is 0 Å². The fourth-order valence-corrected chi connectivity index (χ4v) is 11.8. The molecule has 0 amide bonds. The molecule has 2 heteroatoms. The summed E-state index contributed by atoms with van der Waals surface area (Å²) in [5, 5.41) is 11.4. The third-order valence-corrected chi connectivity index (χ3v) is 13.4. The van der Waals surface area contributed by atoms with Crippen molar-refractivity contribution in [2.75, 3.05) is 0 Å². The van der Waals surface area contributed by atoms with Crippen LogP contribution in [0, 0.1) is 50.7 Å². The molecular formula is C29H48O2. The second-order valence-corrected chi connectivity index (χ2v) is 14.5. The molecule has 0 aromatic heterocycles. The minimum atomic E-state index is -1.06. The SMILES string of the molecule is CC(=O)[C@@]1(O)CC[C@@]2(C)[C@H]1CC[C@]1(C)[C@@H]2CC[C@@H]2[C@@]3(C)CCCC(C)(C)[C@H]3CC[C@]21C. The first-order valence-corrected chi connectivity index (χ1v) is 13.5. The van der Waals surface area contributed by atoms with E-state index in [-0.39, 0.29) is 17.1 Å². The van der Waals surface area contributed by atoms with Crippen LogP contribution in [0.4, 0.5) is 0 Å². The molecule has 1 N–H and O–H groups in total. The van der Waals surface area contributed by atoms with Crippen LogP contribution in [-0.4, -0.2) is 16.5 Å². The van der Waals surface area contributed by atoms with Gasteiger partial charge in [0.25, 0.3) is 0 Å². The highest BCUT2D eigenvalue weighted by molar-refractivity contribution is 5.85. The van der Waals surface area contributed by atoms with Gasteiger partial charge in [0.15, 0.2) is 5.78 Å². The molecule has 0 aromatic rings. The maximum Gasteiger partial charge on any atom is 0.161 e. The number of rotatable bonds is 1. The Labute approximate surface area is 191 Å². The largest absolute Gasteiger partial charge is 0.382 e. The lowest BCUT2D eigenvalue weighted by Crippen LogP contribution is -2.66. The van der Waals surface area contributed by atoms with E-state index in [0.717, 1.165) is 24.7 Å². The maximum atomic E-state index is 12.5. The molecular weight excluding hydrogens is 380 g/mol. The molecule has 5 aliphatic rings. The summed E-state index contributed by atoms with van der Waals surface area (Å²) in [5.41, 5.74) is 0.740. The summed E-state index contributed by atoms with van der Waals surface area (Å²) in [6.07, 6.45) is 13.6. The van der Waals surface area contributed by atoms with Crippen molar-refractivity contribution < 1.29 is 9.90 Å². The Morgan fingerprint density at radius 2 is 1.16 bits per heavy atom. The van der Waals surface area contributed by atoms with Gasteiger partial charge in [0, 0.05) is 5.92 Å². The van der Waals surface area contributed by atoms with Gasteiger partial charge >= 0.3 is 0 Å². The summed E-state index contributed by atoms with van der Waals surface area (Å²) in [4.78, 5) is 12.5. The Bertz CT molecular complexity index is 786. The van der Waals surface area contributed by atoms with Crippen molar-refractivity contribution in [2.45, 2.75) is 125 Å². The van der Waals surface area contributed by atoms with Crippen LogP contribution in [0.1, 0.15) is 119 Å². The number of fused-ring (bicyclic) bond motifs is 7. The molecule has 0 radical (unpaired) electrons. The number of carbonyl (C=O) groups is 1. The van der Waals surface area contributed by atoms with E-state index in [2.05, 4.69) is 41.5 Å². The fourth-order valence-electron chi connectivity index (χ4n) is 11.8. The number of aliphatic hydroxyl groups is 1. The van der Waals surface area contributed by atoms with E-state index in [9.17, 15) is 9.90 Å². The molecule has 0 unspecified atom stereocenters. The quantitative estimate of drug-likeness (QED) is 0.480. The Kier molecular flexibility index (Phi) is 4.63. The number of ketones is 1. The van der Waals surface area contributed by atoms with Gasteiger partial charge in [-0.3, -0.25) is 4.79 Å². The molecule has 0 aliphatic heterocycles. The number of hydrogen-bond acceptors (Lipinski definition) is 2. The molecule has 5 aliphatic carbocycles. The summed E-state index contributed by atoms with van der Waals surface area (Å²) in [6, 6.07) is 0. The standard InChI is InChI=1S/C29H48O2/c1-19(30)29(31)18-17-26(5)22-10-9-21-25(4)14-8-13-24(2,3)20(25)11-15-27(21,6)28(22,7)16-12-23(26)29/h20-23,31H,8-18H2,1-7H3/t20-,21-,22-,23-,25+,26-,27-,28-,29+/m1/s1. The van der Waals surface area contributed by atoms with E-state index in [1.165, 1.54) is 51.4 Å². The van der Waals surface area contributed by atoms with Crippen LogP contribution in [0.5, 0.6) is 0 Å². The Morgan fingerprint density at radius 3 is 1.71 bits per heavy atom. The van der Waals surface area contributed by atoms with Gasteiger partial charge in [-0.2, -0.15) is 0 Å². The van der Waals surface area contributed by atoms with Crippen LogP contribution in [0.25, 0.3) is 0 Å². The smallest absolute Gasteiger partial charge is 0.161 e. The Hall–Kier alpha value is -0.370. The van der Waals surface area contributed by atoms with Crippen LogP contribution < -0.4 is 0 Å². The highest BCUT2D eigenvalue weighted by Crippen LogP contribution is 2.78. The molecule has 0 spiro atoms. The zero-order valence-corrected chi connectivity index (χ0v) is 21.4. The summed E-state index contributed by atoms with van der Waals surface area (Å²) in [5.74, 6) is 2.52. The first-order chi connectivity index (χ1) is 14.3. The molecule has 0 saturated heterocycles. The van der Waals surface area contributed by atoms with Crippen molar-refractivity contribution in [1.29, 1.82) is 0 Å². The molecule has 0 bridgehead atoms. The third kappa shape index (κ3) is 2.53. The van der Waals surface area contributed by atoms with Crippen molar-refractivity contribution in [2.24, 2.45) is 50.7 Å². The van der Waals surface area contributed by atoms with Gasteiger partial charge in [-0.15, -0.1) is 0 Å². The number of hydrogen-bond donors (Lipinski definition) is 1. The van der Waals surface area contributed by atoms with Gasteiger partial charge in [0.2, 0.25) is 0 Å². The summed E-state index contributed by atoms with van der Waals surface area (Å²) < 4.78 is 0. The lowest BCUT2D eigenvalue weighted by Gasteiger charge is -2.73. The number of carbonyl (C=O) groups excluding carboxylic acids is 1. The first-order valence-electron chi connectivity index (χ1n) is 13.5. The monoisotopic (exact) mass is 428 g/mol. The minimum Gasteiger partial charge on any atom is -0.382 e. The average Bonchev–Trinajstić information content (AvgIpc) is 2.94. The van der Waals surface area contributed by atoms with Crippen LogP contribution in [-0.2, 0) is 4.79 Å². The normalized spacial score (nSPS) is 57.9. The highest BCUT2D eigenvalue weighted by atomic mass is 16.3. The predicted octanol–water partition coefficient (Wildman–Crippen LogP) is 7.18. The molecule has 5 saturated carbocycles. The first kappa shape index (κ1) is 22.4. The van der Waals surface area contributed by atoms with E-state index in [1.807, 2.05) is 0 Å². The van der Waals surface area contributed by atoms with E-state index in [1.54, 1.807) is 6.92 Å². The average molecular weight is 429 g/mol. The third-order valence-electron chi connectivity index (χ3n) is 13.4. The topological polar surface area (TPSA) is 37.3 Å². The van der Waals surface area contributed by atoms with Gasteiger partial charge in [-0.25, -0.2) is 0 Å². The zero-order valence-electron chi connectivity index (χ0n) is 21.4. The van der Waals surface area contributed by atoms with E-state index in [4.69, 9.17) is 0 Å². The molecule has 5 fully saturated rings. The second-order valence-electron chi connectivity index (χ2n) is 14.5. The van der Waals surface area contributed by atoms with Crippen molar-refractivity contribution in [3.05, 3.63) is 0 Å². The van der Waals surface area contributed by atoms with E-state index >= 15 is 0 Å². The van der Waals surface area contributed by atoms with E-state index < -0.39 is 5.60 Å². The lowest BCUT2D eigenvalue weighted by atomic mass is 9.32. The lowest BCUT2D eigenvalue weighted by molar-refractivity contribution is -0.245. The van der Waals surface area contributed by atoms with Crippen LogP contribution in [0.15, 0.2) is 0 Å². The van der Waals surface area contributed by atoms with Gasteiger partial charge in [-0.05, 0) is 116 Å². The second kappa shape index (κ2) is 6.39.